The molecule has 10 nitrogen and oxygen atoms in total. The Morgan fingerprint density at radius 1 is 1.15 bits per heavy atom. The standard InChI is InChI=1S/C17H27N3O7/c1-11(27-12(2)22)13(14(23)19-7-3-4-8-19)18-15(24)17(10-21)6-5-9-20(17)16(25)26/h11,13,21H,3-10H2,1-2H3,(H,18,24)(H,25,26)/t11-,13+,17?/m1/s1. The Balaban J connectivity index is 2.24. The molecule has 2 fully saturated rings. The average molecular weight is 385 g/mol. The molecule has 2 aliphatic heterocycles. The number of nitrogens with one attached hydrogen (secondary N) is 1. The van der Waals surface area contributed by atoms with E-state index in [4.69, 9.17) is 4.74 Å². The maximum absolute atomic E-state index is 12.9. The van der Waals surface area contributed by atoms with Crippen LogP contribution in [0.1, 0.15) is 39.5 Å². The highest BCUT2D eigenvalue weighted by molar-refractivity contribution is 5.95. The van der Waals surface area contributed by atoms with E-state index in [1.165, 1.54) is 13.8 Å². The molecule has 0 aromatic rings. The number of hydrogen-bond donors (Lipinski definition) is 3. The van der Waals surface area contributed by atoms with Gasteiger partial charge in [-0.1, -0.05) is 0 Å². The summed E-state index contributed by atoms with van der Waals surface area (Å²) in [6.45, 7) is 3.21. The molecule has 3 N–H and O–H groups in total. The molecule has 10 heteroatoms. The van der Waals surface area contributed by atoms with Gasteiger partial charge in [0.2, 0.25) is 11.8 Å². The van der Waals surface area contributed by atoms with E-state index in [9.17, 15) is 29.4 Å². The fraction of sp³-hybridized carbons (Fsp3) is 0.765. The number of hydrogen-bond acceptors (Lipinski definition) is 6. The molecule has 0 aromatic heterocycles. The summed E-state index contributed by atoms with van der Waals surface area (Å²) in [6, 6.07) is -1.15. The van der Waals surface area contributed by atoms with E-state index >= 15 is 0 Å². The van der Waals surface area contributed by atoms with Gasteiger partial charge in [-0.25, -0.2) is 4.79 Å². The van der Waals surface area contributed by atoms with E-state index in [1.54, 1.807) is 4.90 Å². The molecule has 27 heavy (non-hydrogen) atoms. The van der Waals surface area contributed by atoms with E-state index in [-0.39, 0.29) is 18.9 Å². The minimum absolute atomic E-state index is 0.119. The van der Waals surface area contributed by atoms with E-state index < -0.39 is 42.3 Å². The molecule has 0 spiro atoms. The Labute approximate surface area is 157 Å². The van der Waals surface area contributed by atoms with Crippen LogP contribution in [0.2, 0.25) is 0 Å². The van der Waals surface area contributed by atoms with Gasteiger partial charge in [-0.2, -0.15) is 0 Å². The van der Waals surface area contributed by atoms with Crippen LogP contribution >= 0.6 is 0 Å². The maximum Gasteiger partial charge on any atom is 0.408 e. The summed E-state index contributed by atoms with van der Waals surface area (Å²) in [7, 11) is 0. The molecule has 0 bridgehead atoms. The summed E-state index contributed by atoms with van der Waals surface area (Å²) in [5.74, 6) is -1.75. The summed E-state index contributed by atoms with van der Waals surface area (Å²) in [4.78, 5) is 51.1. The van der Waals surface area contributed by atoms with Crippen molar-refractivity contribution in [2.45, 2.75) is 57.2 Å². The summed E-state index contributed by atoms with van der Waals surface area (Å²) in [5.41, 5.74) is -1.65. The third kappa shape index (κ3) is 4.32. The number of amides is 3. The van der Waals surface area contributed by atoms with Crippen molar-refractivity contribution in [3.8, 4) is 0 Å². The van der Waals surface area contributed by atoms with Crippen molar-refractivity contribution in [3.63, 3.8) is 0 Å². The summed E-state index contributed by atoms with van der Waals surface area (Å²) >= 11 is 0. The number of rotatable bonds is 6. The van der Waals surface area contributed by atoms with Crippen molar-refractivity contribution < 1.29 is 34.1 Å². The maximum atomic E-state index is 12.9. The van der Waals surface area contributed by atoms with E-state index in [1.807, 2.05) is 0 Å². The third-order valence-electron chi connectivity index (χ3n) is 5.20. The SMILES string of the molecule is CC(=O)O[C@H](C)[C@H](NC(=O)C1(CO)CCCN1C(=O)O)C(=O)N1CCCC1. The molecule has 2 rings (SSSR count). The van der Waals surface area contributed by atoms with Crippen LogP contribution in [0, 0.1) is 0 Å². The zero-order valence-corrected chi connectivity index (χ0v) is 15.6. The lowest BCUT2D eigenvalue weighted by molar-refractivity contribution is -0.153. The van der Waals surface area contributed by atoms with Gasteiger partial charge in [-0.05, 0) is 32.6 Å². The first-order chi connectivity index (χ1) is 12.7. The van der Waals surface area contributed by atoms with Gasteiger partial charge in [0.05, 0.1) is 6.61 Å². The molecule has 0 aliphatic carbocycles. The lowest BCUT2D eigenvalue weighted by Gasteiger charge is -2.36. The number of likely N-dealkylation sites (tertiary alicyclic amines) is 2. The Morgan fingerprint density at radius 2 is 1.78 bits per heavy atom. The van der Waals surface area contributed by atoms with Crippen LogP contribution in [0.4, 0.5) is 4.79 Å². The van der Waals surface area contributed by atoms with Gasteiger partial charge in [-0.15, -0.1) is 0 Å². The molecule has 2 heterocycles. The van der Waals surface area contributed by atoms with E-state index in [2.05, 4.69) is 5.32 Å². The van der Waals surface area contributed by atoms with Crippen molar-refractivity contribution in [1.82, 2.24) is 15.1 Å². The summed E-state index contributed by atoms with van der Waals surface area (Å²) in [5, 5.41) is 21.7. The van der Waals surface area contributed by atoms with Crippen molar-refractivity contribution in [2.24, 2.45) is 0 Å². The zero-order chi connectivity index (χ0) is 20.2. The Bertz CT molecular complexity index is 605. The molecule has 0 aromatic carbocycles. The van der Waals surface area contributed by atoms with Crippen molar-refractivity contribution in [3.05, 3.63) is 0 Å². The fourth-order valence-corrected chi connectivity index (χ4v) is 3.75. The molecule has 2 saturated heterocycles. The zero-order valence-electron chi connectivity index (χ0n) is 15.6. The quantitative estimate of drug-likeness (QED) is 0.527. The first-order valence-electron chi connectivity index (χ1n) is 9.11. The number of ether oxygens (including phenoxy) is 1. The largest absolute Gasteiger partial charge is 0.465 e. The normalized spacial score (nSPS) is 24.4. The molecular formula is C17H27N3O7. The van der Waals surface area contributed by atoms with Gasteiger partial charge in [0, 0.05) is 26.6 Å². The van der Waals surface area contributed by atoms with Crippen molar-refractivity contribution in [1.29, 1.82) is 0 Å². The molecule has 1 unspecified atom stereocenters. The Kier molecular flexibility index (Phi) is 6.63. The second-order valence-electron chi connectivity index (χ2n) is 7.03. The number of carboxylic acid groups (broad SMARTS) is 1. The first kappa shape index (κ1) is 20.9. The van der Waals surface area contributed by atoms with Gasteiger partial charge in [0.15, 0.2) is 0 Å². The fourth-order valence-electron chi connectivity index (χ4n) is 3.75. The van der Waals surface area contributed by atoms with Crippen LogP contribution in [0.3, 0.4) is 0 Å². The Morgan fingerprint density at radius 3 is 2.30 bits per heavy atom. The molecular weight excluding hydrogens is 358 g/mol. The van der Waals surface area contributed by atoms with Gasteiger partial charge >= 0.3 is 12.1 Å². The van der Waals surface area contributed by atoms with Crippen LogP contribution < -0.4 is 5.32 Å². The minimum atomic E-state index is -1.65. The van der Waals surface area contributed by atoms with Crippen LogP contribution in [0.5, 0.6) is 0 Å². The summed E-state index contributed by atoms with van der Waals surface area (Å²) < 4.78 is 5.10. The van der Waals surface area contributed by atoms with Gasteiger partial charge in [0.1, 0.15) is 17.7 Å². The first-order valence-corrected chi connectivity index (χ1v) is 9.11. The average Bonchev–Trinajstić information content (AvgIpc) is 3.27. The number of carbonyl (C=O) groups excluding carboxylic acids is 3. The van der Waals surface area contributed by atoms with Gasteiger partial charge in [0.25, 0.3) is 0 Å². The number of nitrogens with zero attached hydrogens (tertiary/aromatic N) is 2. The predicted molar refractivity (Wildman–Crippen MR) is 92.8 cm³/mol. The molecule has 3 atom stereocenters. The second-order valence-corrected chi connectivity index (χ2v) is 7.03. The molecule has 152 valence electrons. The number of aliphatic hydroxyl groups excluding tert-OH is 1. The number of carbonyl (C=O) groups is 4. The van der Waals surface area contributed by atoms with Crippen LogP contribution in [0.15, 0.2) is 0 Å². The smallest absolute Gasteiger partial charge is 0.408 e. The Hall–Kier alpha value is -2.36. The summed E-state index contributed by atoms with van der Waals surface area (Å²) in [6.07, 6.45) is 0.0180. The molecule has 2 aliphatic rings. The van der Waals surface area contributed by atoms with E-state index in [0.29, 0.717) is 19.5 Å². The third-order valence-corrected chi connectivity index (χ3v) is 5.20. The number of aliphatic hydroxyl groups is 1. The minimum Gasteiger partial charge on any atom is -0.465 e. The van der Waals surface area contributed by atoms with Crippen molar-refractivity contribution in [2.75, 3.05) is 26.2 Å². The highest BCUT2D eigenvalue weighted by atomic mass is 16.5. The molecule has 0 radical (unpaired) electrons. The highest BCUT2D eigenvalue weighted by Gasteiger charge is 2.51. The number of esters is 1. The van der Waals surface area contributed by atoms with Crippen molar-refractivity contribution >= 4 is 23.9 Å². The lowest BCUT2D eigenvalue weighted by Crippen LogP contribution is -2.64. The predicted octanol–water partition coefficient (Wildman–Crippen LogP) is -0.450. The second kappa shape index (κ2) is 8.55. The topological polar surface area (TPSA) is 136 Å². The monoisotopic (exact) mass is 385 g/mol. The highest BCUT2D eigenvalue weighted by Crippen LogP contribution is 2.30. The van der Waals surface area contributed by atoms with Gasteiger partial charge in [-0.3, -0.25) is 19.3 Å². The van der Waals surface area contributed by atoms with Crippen LogP contribution in [-0.4, -0.2) is 87.8 Å². The molecule has 0 saturated carbocycles. The van der Waals surface area contributed by atoms with Gasteiger partial charge < -0.3 is 25.2 Å². The van der Waals surface area contributed by atoms with Crippen LogP contribution in [0.25, 0.3) is 0 Å². The van der Waals surface area contributed by atoms with E-state index in [0.717, 1.165) is 17.7 Å². The lowest BCUT2D eigenvalue weighted by atomic mass is 9.95. The van der Waals surface area contributed by atoms with Crippen LogP contribution in [-0.2, 0) is 19.1 Å². The molecule has 3 amide bonds.